The van der Waals surface area contributed by atoms with Gasteiger partial charge in [-0.05, 0) is 56.5 Å². The van der Waals surface area contributed by atoms with Crippen LogP contribution in [-0.4, -0.2) is 74.2 Å². The fourth-order valence-electron chi connectivity index (χ4n) is 5.58. The maximum atomic E-state index is 14.1. The second-order valence-electron chi connectivity index (χ2n) is 9.61. The molecule has 10 heteroatoms. The fourth-order valence-corrected chi connectivity index (χ4v) is 5.58. The van der Waals surface area contributed by atoms with Gasteiger partial charge in [0.1, 0.15) is 17.3 Å². The van der Waals surface area contributed by atoms with E-state index in [-0.39, 0.29) is 30.3 Å². The summed E-state index contributed by atoms with van der Waals surface area (Å²) >= 11 is 0. The second-order valence-corrected chi connectivity index (χ2v) is 9.61. The van der Waals surface area contributed by atoms with Gasteiger partial charge in [0.15, 0.2) is 0 Å². The third-order valence-electron chi connectivity index (χ3n) is 7.36. The van der Waals surface area contributed by atoms with Crippen molar-refractivity contribution in [2.45, 2.75) is 50.6 Å². The van der Waals surface area contributed by atoms with E-state index in [1.165, 1.54) is 18.3 Å². The highest BCUT2D eigenvalue weighted by Gasteiger charge is 2.37. The lowest BCUT2D eigenvalue weighted by atomic mass is 9.84. The smallest absolute Gasteiger partial charge is 0.272 e. The second kappa shape index (κ2) is 10.3. The topological polar surface area (TPSA) is 82.8 Å². The van der Waals surface area contributed by atoms with Crippen LogP contribution in [0.25, 0.3) is 5.52 Å². The summed E-state index contributed by atoms with van der Waals surface area (Å²) in [6, 6.07) is 2.71. The molecule has 0 spiro atoms. The molecule has 3 atom stereocenters. The number of aromatic nitrogens is 3. The lowest BCUT2D eigenvalue weighted by Crippen LogP contribution is -2.56. The summed E-state index contributed by atoms with van der Waals surface area (Å²) in [6.45, 7) is 4.33. The van der Waals surface area contributed by atoms with Crippen LogP contribution in [0.4, 0.5) is 8.78 Å². The minimum atomic E-state index is -0.657. The third kappa shape index (κ3) is 4.82. The first-order chi connectivity index (χ1) is 17.4. The lowest BCUT2D eigenvalue weighted by Gasteiger charge is -2.40. The predicted molar refractivity (Wildman–Crippen MR) is 129 cm³/mol. The van der Waals surface area contributed by atoms with Crippen LogP contribution in [0.3, 0.4) is 0 Å². The van der Waals surface area contributed by atoms with Gasteiger partial charge in [-0.15, -0.1) is 0 Å². The maximum Gasteiger partial charge on any atom is 0.272 e. The largest absolute Gasteiger partial charge is 0.350 e. The van der Waals surface area contributed by atoms with Crippen LogP contribution in [0.5, 0.6) is 0 Å². The van der Waals surface area contributed by atoms with E-state index >= 15 is 0 Å². The third-order valence-corrected chi connectivity index (χ3v) is 7.36. The average molecular weight is 497 g/mol. The number of imidazole rings is 1. The highest BCUT2D eigenvalue weighted by atomic mass is 19.1. The quantitative estimate of drug-likeness (QED) is 0.568. The molecular formula is C26H30F2N6O2. The van der Waals surface area contributed by atoms with Crippen molar-refractivity contribution in [2.75, 3.05) is 26.2 Å². The SMILES string of the molecule is CC[C@H](C(=O)N[C@@H]1CN(C(=O)c2cncc3cncn23)CC[C@H]1c1cc(F)cc(F)c1)N1CCCC1. The normalized spacial score (nSPS) is 21.6. The van der Waals surface area contributed by atoms with Crippen molar-refractivity contribution >= 4 is 17.3 Å². The molecule has 1 N–H and O–H groups in total. The van der Waals surface area contributed by atoms with Crippen LogP contribution >= 0.6 is 0 Å². The molecule has 0 radical (unpaired) electrons. The molecule has 2 aromatic heterocycles. The lowest BCUT2D eigenvalue weighted by molar-refractivity contribution is -0.127. The Morgan fingerprint density at radius 3 is 2.50 bits per heavy atom. The Labute approximate surface area is 208 Å². The van der Waals surface area contributed by atoms with Crippen LogP contribution < -0.4 is 5.32 Å². The number of nitrogens with zero attached hydrogens (tertiary/aromatic N) is 5. The Morgan fingerprint density at radius 1 is 1.06 bits per heavy atom. The summed E-state index contributed by atoms with van der Waals surface area (Å²) in [5.41, 5.74) is 1.55. The van der Waals surface area contributed by atoms with Crippen molar-refractivity contribution in [1.82, 2.24) is 29.5 Å². The molecule has 2 amide bonds. The van der Waals surface area contributed by atoms with Crippen LogP contribution in [0.2, 0.25) is 0 Å². The maximum absolute atomic E-state index is 14.1. The number of rotatable bonds is 6. The number of fused-ring (bicyclic) bond motifs is 1. The standard InChI is InChI=1S/C26H30F2N6O2/c1-2-23(32-6-3-4-7-32)25(35)31-22-15-33(8-5-21(22)17-9-18(27)11-19(28)10-17)26(36)24-14-29-12-20-13-30-16-34(20)24/h9-14,16,21-23H,2-8,15H2,1H3,(H,31,35)/t21-,22+,23+/m0/s1. The molecule has 2 aliphatic rings. The van der Waals surface area contributed by atoms with Gasteiger partial charge in [-0.1, -0.05) is 6.92 Å². The van der Waals surface area contributed by atoms with Crippen molar-refractivity contribution in [1.29, 1.82) is 0 Å². The minimum absolute atomic E-state index is 0.112. The van der Waals surface area contributed by atoms with Gasteiger partial charge in [0.05, 0.1) is 42.5 Å². The van der Waals surface area contributed by atoms with Crippen molar-refractivity contribution in [3.63, 3.8) is 0 Å². The van der Waals surface area contributed by atoms with E-state index in [4.69, 9.17) is 0 Å². The summed E-state index contributed by atoms with van der Waals surface area (Å²) in [4.78, 5) is 39.0. The summed E-state index contributed by atoms with van der Waals surface area (Å²) in [6.07, 6.45) is 9.56. The highest BCUT2D eigenvalue weighted by molar-refractivity contribution is 5.93. The van der Waals surface area contributed by atoms with Gasteiger partial charge in [-0.25, -0.2) is 13.8 Å². The molecule has 2 aliphatic heterocycles. The number of benzene rings is 1. The molecule has 3 aromatic rings. The Kier molecular flexibility index (Phi) is 6.95. The average Bonchev–Trinajstić information content (AvgIpc) is 3.56. The molecule has 190 valence electrons. The van der Waals surface area contributed by atoms with E-state index in [1.807, 2.05) is 6.92 Å². The van der Waals surface area contributed by atoms with Gasteiger partial charge in [-0.3, -0.25) is 23.9 Å². The molecule has 4 heterocycles. The Bertz CT molecular complexity index is 1240. The van der Waals surface area contributed by atoms with E-state index in [2.05, 4.69) is 20.2 Å². The zero-order chi connectivity index (χ0) is 25.2. The molecule has 2 fully saturated rings. The van der Waals surface area contributed by atoms with Gasteiger partial charge in [0, 0.05) is 25.1 Å². The number of carbonyl (C=O) groups is 2. The van der Waals surface area contributed by atoms with Crippen LogP contribution in [-0.2, 0) is 4.79 Å². The van der Waals surface area contributed by atoms with Crippen molar-refractivity contribution < 1.29 is 18.4 Å². The summed E-state index contributed by atoms with van der Waals surface area (Å²) < 4.78 is 29.9. The molecule has 0 saturated carbocycles. The number of hydrogen-bond acceptors (Lipinski definition) is 5. The van der Waals surface area contributed by atoms with Gasteiger partial charge < -0.3 is 10.2 Å². The monoisotopic (exact) mass is 496 g/mol. The summed E-state index contributed by atoms with van der Waals surface area (Å²) in [7, 11) is 0. The van der Waals surface area contributed by atoms with E-state index in [0.29, 0.717) is 36.2 Å². The zero-order valence-corrected chi connectivity index (χ0v) is 20.2. The van der Waals surface area contributed by atoms with E-state index in [1.54, 1.807) is 28.0 Å². The Balaban J connectivity index is 1.42. The number of likely N-dealkylation sites (tertiary alicyclic amines) is 2. The van der Waals surface area contributed by atoms with Crippen LogP contribution in [0.15, 0.2) is 43.1 Å². The predicted octanol–water partition coefficient (Wildman–Crippen LogP) is 3.00. The summed E-state index contributed by atoms with van der Waals surface area (Å²) in [5, 5.41) is 3.15. The highest BCUT2D eigenvalue weighted by Crippen LogP contribution is 2.31. The van der Waals surface area contributed by atoms with Crippen LogP contribution in [0.1, 0.15) is 54.6 Å². The molecule has 0 unspecified atom stereocenters. The number of halogens is 2. The van der Waals surface area contributed by atoms with Gasteiger partial charge in [0.2, 0.25) is 5.91 Å². The molecule has 36 heavy (non-hydrogen) atoms. The minimum Gasteiger partial charge on any atom is -0.350 e. The number of carbonyl (C=O) groups excluding carboxylic acids is 2. The summed E-state index contributed by atoms with van der Waals surface area (Å²) in [5.74, 6) is -1.99. The first-order valence-electron chi connectivity index (χ1n) is 12.5. The Morgan fingerprint density at radius 2 is 1.78 bits per heavy atom. The molecule has 0 aliphatic carbocycles. The molecule has 0 bridgehead atoms. The van der Waals surface area contributed by atoms with E-state index < -0.39 is 17.7 Å². The molecular weight excluding hydrogens is 466 g/mol. The first-order valence-corrected chi connectivity index (χ1v) is 12.5. The Hall–Kier alpha value is -3.40. The van der Waals surface area contributed by atoms with Crippen molar-refractivity contribution in [2.24, 2.45) is 0 Å². The number of amides is 2. The van der Waals surface area contributed by atoms with Crippen molar-refractivity contribution in [3.05, 3.63) is 66.0 Å². The number of piperidine rings is 1. The van der Waals surface area contributed by atoms with Crippen LogP contribution in [0, 0.1) is 11.6 Å². The fraction of sp³-hybridized carbons (Fsp3) is 0.462. The van der Waals surface area contributed by atoms with Gasteiger partial charge >= 0.3 is 0 Å². The number of nitrogens with one attached hydrogen (secondary N) is 1. The van der Waals surface area contributed by atoms with E-state index in [0.717, 1.165) is 32.0 Å². The van der Waals surface area contributed by atoms with E-state index in [9.17, 15) is 18.4 Å². The van der Waals surface area contributed by atoms with Crippen molar-refractivity contribution in [3.8, 4) is 0 Å². The number of hydrogen-bond donors (Lipinski definition) is 1. The van der Waals surface area contributed by atoms with Gasteiger partial charge in [0.25, 0.3) is 5.91 Å². The molecule has 2 saturated heterocycles. The molecule has 8 nitrogen and oxygen atoms in total. The molecule has 5 rings (SSSR count). The van der Waals surface area contributed by atoms with Gasteiger partial charge in [-0.2, -0.15) is 0 Å². The molecule has 1 aromatic carbocycles. The first kappa shape index (κ1) is 24.3. The zero-order valence-electron chi connectivity index (χ0n) is 20.2.